The monoisotopic (exact) mass is 143 g/mol. The summed E-state index contributed by atoms with van der Waals surface area (Å²) in [6.07, 6.45) is 0.999. The average molecular weight is 143 g/mol. The molecule has 0 aliphatic carbocycles. The van der Waals surface area contributed by atoms with E-state index in [1.807, 2.05) is 6.92 Å². The second-order valence-corrected chi connectivity index (χ2v) is 2.81. The Morgan fingerprint density at radius 1 is 1.78 bits per heavy atom. The average Bonchev–Trinajstić information content (AvgIpc) is 1.82. The number of hydrogen-bond donors (Lipinski definition) is 1. The Morgan fingerprint density at radius 2 is 2.33 bits per heavy atom. The van der Waals surface area contributed by atoms with E-state index in [2.05, 4.69) is 13.5 Å². The number of rotatable bonds is 3. The zero-order valence-electron chi connectivity index (χ0n) is 5.98. The number of hydrogen-bond acceptors (Lipinski definition) is 2. The molecule has 0 aromatic heterocycles. The molecule has 0 amide bonds. The van der Waals surface area contributed by atoms with Crippen molar-refractivity contribution in [2.45, 2.75) is 20.3 Å². The fourth-order valence-electron chi connectivity index (χ4n) is 0.556. The molecule has 0 aliphatic rings. The fourth-order valence-corrected chi connectivity index (χ4v) is 1.11. The Bertz CT molecular complexity index is 123. The Labute approximate surface area is 61.0 Å². The van der Waals surface area contributed by atoms with Gasteiger partial charge in [0.25, 0.3) is 0 Å². The molecule has 9 heavy (non-hydrogen) atoms. The van der Waals surface area contributed by atoms with E-state index >= 15 is 0 Å². The van der Waals surface area contributed by atoms with Crippen LogP contribution in [0.25, 0.3) is 0 Å². The maximum Gasteiger partial charge on any atom is 0.0149 e. The van der Waals surface area contributed by atoms with Gasteiger partial charge in [-0.3, -0.25) is 0 Å². The van der Waals surface area contributed by atoms with Crippen molar-refractivity contribution in [2.24, 2.45) is 5.73 Å². The topological polar surface area (TPSA) is 26.0 Å². The highest BCUT2D eigenvalue weighted by molar-refractivity contribution is 8.05. The first kappa shape index (κ1) is 8.63. The van der Waals surface area contributed by atoms with Crippen LogP contribution in [-0.4, -0.2) is 0 Å². The van der Waals surface area contributed by atoms with E-state index in [1.54, 1.807) is 17.2 Å². The van der Waals surface area contributed by atoms with Crippen molar-refractivity contribution in [1.82, 2.24) is 0 Å². The number of nitrogens with two attached hydrogens (primary N) is 1. The first-order valence-electron chi connectivity index (χ1n) is 2.95. The summed E-state index contributed by atoms with van der Waals surface area (Å²) in [5.74, 6) is 0. The highest BCUT2D eigenvalue weighted by Crippen LogP contribution is 2.20. The second kappa shape index (κ2) is 4.50. The van der Waals surface area contributed by atoms with E-state index in [4.69, 9.17) is 5.73 Å². The van der Waals surface area contributed by atoms with Gasteiger partial charge in [0.1, 0.15) is 0 Å². The summed E-state index contributed by atoms with van der Waals surface area (Å²) in [7, 11) is 0. The molecule has 0 unspecified atom stereocenters. The smallest absolute Gasteiger partial charge is 0.0149 e. The molecule has 1 nitrogen and oxygen atoms in total. The van der Waals surface area contributed by atoms with E-state index in [1.165, 1.54) is 4.91 Å². The summed E-state index contributed by atoms with van der Waals surface area (Å²) < 4.78 is 0. The number of thioether (sulfide) groups is 1. The Kier molecular flexibility index (Phi) is 4.32. The Morgan fingerprint density at radius 3 is 2.44 bits per heavy atom. The highest BCUT2D eigenvalue weighted by Gasteiger charge is 1.92. The fraction of sp³-hybridized carbons (Fsp3) is 0.429. The zero-order chi connectivity index (χ0) is 7.28. The van der Waals surface area contributed by atoms with E-state index in [9.17, 15) is 0 Å². The molecule has 0 radical (unpaired) electrons. The molecule has 0 saturated heterocycles. The normalized spacial score (nSPS) is 12.7. The highest BCUT2D eigenvalue weighted by atomic mass is 32.2. The lowest BCUT2D eigenvalue weighted by atomic mass is 10.4. The summed E-state index contributed by atoms with van der Waals surface area (Å²) in [6.45, 7) is 7.60. The van der Waals surface area contributed by atoms with Crippen LogP contribution in [0.3, 0.4) is 0 Å². The quantitative estimate of drug-likeness (QED) is 0.656. The van der Waals surface area contributed by atoms with Crippen molar-refractivity contribution in [2.75, 3.05) is 0 Å². The molecule has 0 saturated carbocycles. The summed E-state index contributed by atoms with van der Waals surface area (Å²) in [5, 5.41) is 1.80. The molecule has 0 atom stereocenters. The van der Waals surface area contributed by atoms with Gasteiger partial charge in [-0.05, 0) is 18.8 Å². The van der Waals surface area contributed by atoms with Crippen LogP contribution in [0.5, 0.6) is 0 Å². The lowest BCUT2D eigenvalue weighted by Gasteiger charge is -2.00. The van der Waals surface area contributed by atoms with E-state index in [0.29, 0.717) is 0 Å². The SMILES string of the molecule is C=CS/C(CC)=C(/C)N. The third kappa shape index (κ3) is 3.25. The van der Waals surface area contributed by atoms with Gasteiger partial charge in [-0.25, -0.2) is 0 Å². The molecule has 2 heteroatoms. The summed E-state index contributed by atoms with van der Waals surface area (Å²) in [5.41, 5.74) is 6.45. The van der Waals surface area contributed by atoms with E-state index in [-0.39, 0.29) is 0 Å². The van der Waals surface area contributed by atoms with Crippen molar-refractivity contribution in [3.8, 4) is 0 Å². The maximum absolute atomic E-state index is 5.54. The van der Waals surface area contributed by atoms with E-state index < -0.39 is 0 Å². The zero-order valence-corrected chi connectivity index (χ0v) is 6.79. The van der Waals surface area contributed by atoms with Crippen LogP contribution < -0.4 is 5.73 Å². The minimum Gasteiger partial charge on any atom is -0.402 e. The largest absolute Gasteiger partial charge is 0.402 e. The van der Waals surface area contributed by atoms with Crippen molar-refractivity contribution < 1.29 is 0 Å². The first-order valence-corrected chi connectivity index (χ1v) is 3.83. The van der Waals surface area contributed by atoms with Gasteiger partial charge in [0, 0.05) is 10.6 Å². The van der Waals surface area contributed by atoms with E-state index in [0.717, 1.165) is 12.1 Å². The Hall–Kier alpha value is -0.370. The van der Waals surface area contributed by atoms with Crippen molar-refractivity contribution in [3.63, 3.8) is 0 Å². The van der Waals surface area contributed by atoms with Crippen LogP contribution in [0, 0.1) is 0 Å². The lowest BCUT2D eigenvalue weighted by molar-refractivity contribution is 1.13. The third-order valence-electron chi connectivity index (χ3n) is 0.987. The van der Waals surface area contributed by atoms with Gasteiger partial charge in [0.15, 0.2) is 0 Å². The van der Waals surface area contributed by atoms with Gasteiger partial charge in [-0.1, -0.05) is 13.5 Å². The van der Waals surface area contributed by atoms with Crippen LogP contribution in [0.2, 0.25) is 0 Å². The van der Waals surface area contributed by atoms with Crippen LogP contribution in [-0.2, 0) is 0 Å². The molecule has 0 rings (SSSR count). The van der Waals surface area contributed by atoms with Gasteiger partial charge in [0.05, 0.1) is 0 Å². The minimum absolute atomic E-state index is 0.905. The van der Waals surface area contributed by atoms with Crippen LogP contribution in [0.1, 0.15) is 20.3 Å². The minimum atomic E-state index is 0.905. The van der Waals surface area contributed by atoms with Gasteiger partial charge < -0.3 is 5.73 Å². The van der Waals surface area contributed by atoms with Crippen LogP contribution in [0.4, 0.5) is 0 Å². The molecule has 0 heterocycles. The lowest BCUT2D eigenvalue weighted by Crippen LogP contribution is -1.93. The molecule has 0 spiro atoms. The molecule has 2 N–H and O–H groups in total. The van der Waals surface area contributed by atoms with Gasteiger partial charge in [-0.2, -0.15) is 0 Å². The predicted molar refractivity (Wildman–Crippen MR) is 45.0 cm³/mol. The maximum atomic E-state index is 5.54. The third-order valence-corrected chi connectivity index (χ3v) is 2.05. The molecule has 0 fully saturated rings. The van der Waals surface area contributed by atoms with Crippen molar-refractivity contribution >= 4 is 11.8 Å². The summed E-state index contributed by atoms with van der Waals surface area (Å²) in [4.78, 5) is 1.21. The molecular formula is C7H13NS. The molecule has 0 bridgehead atoms. The van der Waals surface area contributed by atoms with Crippen LogP contribution in [0.15, 0.2) is 22.6 Å². The standard InChI is InChI=1S/C7H13NS/c1-4-7(6(3)8)9-5-2/h5H,2,4,8H2,1,3H3/b7-6-. The van der Waals surface area contributed by atoms with Crippen molar-refractivity contribution in [1.29, 1.82) is 0 Å². The molecule has 0 aromatic rings. The Balaban J connectivity index is 3.97. The molecule has 0 aliphatic heterocycles. The molecule has 52 valence electrons. The first-order chi connectivity index (χ1) is 4.22. The van der Waals surface area contributed by atoms with Crippen LogP contribution >= 0.6 is 11.8 Å². The second-order valence-electron chi connectivity index (χ2n) is 1.74. The summed E-state index contributed by atoms with van der Waals surface area (Å²) in [6, 6.07) is 0. The summed E-state index contributed by atoms with van der Waals surface area (Å²) >= 11 is 1.60. The van der Waals surface area contributed by atoms with Crippen molar-refractivity contribution in [3.05, 3.63) is 22.6 Å². The van der Waals surface area contributed by atoms with Gasteiger partial charge in [0.2, 0.25) is 0 Å². The molecular weight excluding hydrogens is 130 g/mol. The molecule has 0 aromatic carbocycles. The number of allylic oxidation sites excluding steroid dienone is 2. The van der Waals surface area contributed by atoms with Gasteiger partial charge >= 0.3 is 0 Å². The van der Waals surface area contributed by atoms with Gasteiger partial charge in [-0.15, -0.1) is 11.8 Å². The predicted octanol–water partition coefficient (Wildman–Crippen LogP) is 2.46.